The maximum Gasteiger partial charge on any atom is 0.262 e. The molecule has 0 unspecified atom stereocenters. The highest BCUT2D eigenvalue weighted by atomic mass is 32.1. The van der Waals surface area contributed by atoms with Crippen LogP contribution in [0.4, 0.5) is 5.69 Å². The molecule has 0 aliphatic heterocycles. The molecule has 0 bridgehead atoms. The van der Waals surface area contributed by atoms with Gasteiger partial charge in [-0.15, -0.1) is 11.3 Å². The van der Waals surface area contributed by atoms with E-state index in [0.29, 0.717) is 4.88 Å². The second-order valence-corrected chi connectivity index (χ2v) is 6.91. The highest BCUT2D eigenvalue weighted by molar-refractivity contribution is 7.12. The molecule has 0 radical (unpaired) electrons. The lowest BCUT2D eigenvalue weighted by molar-refractivity contribution is -0.118. The summed E-state index contributed by atoms with van der Waals surface area (Å²) in [6.45, 7) is 7.86. The van der Waals surface area contributed by atoms with E-state index < -0.39 is 6.04 Å². The number of carbonyl (C=O) groups excluding carboxylic acids is 2. The number of thiophene rings is 1. The van der Waals surface area contributed by atoms with Crippen molar-refractivity contribution in [3.63, 3.8) is 0 Å². The molecule has 0 aliphatic carbocycles. The molecule has 1 aromatic carbocycles. The van der Waals surface area contributed by atoms with E-state index >= 15 is 0 Å². The summed E-state index contributed by atoms with van der Waals surface area (Å²) in [7, 11) is 0. The first-order chi connectivity index (χ1) is 10.9. The number of anilines is 1. The van der Waals surface area contributed by atoms with Crippen LogP contribution in [0, 0.1) is 19.8 Å². The van der Waals surface area contributed by atoms with Crippen molar-refractivity contribution in [3.05, 3.63) is 51.7 Å². The van der Waals surface area contributed by atoms with Crippen molar-refractivity contribution in [2.24, 2.45) is 5.92 Å². The number of aryl methyl sites for hydroxylation is 2. The minimum absolute atomic E-state index is 0.00884. The van der Waals surface area contributed by atoms with Crippen LogP contribution in [-0.2, 0) is 4.79 Å². The summed E-state index contributed by atoms with van der Waals surface area (Å²) in [4.78, 5) is 25.3. The van der Waals surface area contributed by atoms with Gasteiger partial charge >= 0.3 is 0 Å². The molecule has 1 aromatic heterocycles. The van der Waals surface area contributed by atoms with Gasteiger partial charge in [0.05, 0.1) is 4.88 Å². The fourth-order valence-corrected chi connectivity index (χ4v) is 2.82. The lowest BCUT2D eigenvalue weighted by Crippen LogP contribution is -2.46. The average Bonchev–Trinajstić information content (AvgIpc) is 3.02. The fraction of sp³-hybridized carbons (Fsp3) is 0.333. The van der Waals surface area contributed by atoms with Gasteiger partial charge in [0.2, 0.25) is 5.91 Å². The molecule has 2 amide bonds. The number of carbonyl (C=O) groups is 2. The van der Waals surface area contributed by atoms with Gasteiger partial charge in [-0.3, -0.25) is 9.59 Å². The predicted molar refractivity (Wildman–Crippen MR) is 95.0 cm³/mol. The van der Waals surface area contributed by atoms with Crippen molar-refractivity contribution in [3.8, 4) is 0 Å². The van der Waals surface area contributed by atoms with Gasteiger partial charge in [0.15, 0.2) is 0 Å². The number of rotatable bonds is 5. The number of benzene rings is 1. The lowest BCUT2D eigenvalue weighted by Gasteiger charge is -2.21. The standard InChI is InChI=1S/C18H22N2O2S/c1-11(2)16(20-17(21)15-6-5-9-23-15)18(22)19-14-8-7-12(3)13(4)10-14/h5-11,16H,1-4H3,(H,19,22)(H,20,21)/t16-/m1/s1. The Morgan fingerprint density at radius 2 is 1.83 bits per heavy atom. The van der Waals surface area contributed by atoms with E-state index in [1.807, 2.05) is 57.3 Å². The van der Waals surface area contributed by atoms with Gasteiger partial charge < -0.3 is 10.6 Å². The van der Waals surface area contributed by atoms with Crippen molar-refractivity contribution < 1.29 is 9.59 Å². The first-order valence-electron chi connectivity index (χ1n) is 7.61. The third-order valence-electron chi connectivity index (χ3n) is 3.76. The maximum atomic E-state index is 12.5. The first kappa shape index (κ1) is 17.2. The summed E-state index contributed by atoms with van der Waals surface area (Å²) in [5.74, 6) is -0.424. The predicted octanol–water partition coefficient (Wildman–Crippen LogP) is 3.76. The smallest absolute Gasteiger partial charge is 0.262 e. The van der Waals surface area contributed by atoms with Gasteiger partial charge in [-0.2, -0.15) is 0 Å². The summed E-state index contributed by atoms with van der Waals surface area (Å²) in [6, 6.07) is 8.77. The molecule has 23 heavy (non-hydrogen) atoms. The second kappa shape index (κ2) is 7.42. The van der Waals surface area contributed by atoms with Crippen LogP contribution in [0.5, 0.6) is 0 Å². The average molecular weight is 330 g/mol. The van der Waals surface area contributed by atoms with E-state index in [1.54, 1.807) is 6.07 Å². The van der Waals surface area contributed by atoms with Crippen LogP contribution in [0.25, 0.3) is 0 Å². The van der Waals surface area contributed by atoms with Crippen LogP contribution in [0.1, 0.15) is 34.6 Å². The van der Waals surface area contributed by atoms with Crippen molar-refractivity contribution >= 4 is 28.8 Å². The van der Waals surface area contributed by atoms with Crippen LogP contribution >= 0.6 is 11.3 Å². The molecule has 2 N–H and O–H groups in total. The van der Waals surface area contributed by atoms with E-state index in [4.69, 9.17) is 0 Å². The molecule has 122 valence electrons. The van der Waals surface area contributed by atoms with Gasteiger partial charge in [0.1, 0.15) is 6.04 Å². The Morgan fingerprint density at radius 1 is 1.09 bits per heavy atom. The van der Waals surface area contributed by atoms with Crippen LogP contribution < -0.4 is 10.6 Å². The van der Waals surface area contributed by atoms with Gasteiger partial charge in [0, 0.05) is 5.69 Å². The molecule has 0 fully saturated rings. The van der Waals surface area contributed by atoms with Crippen LogP contribution in [0.15, 0.2) is 35.7 Å². The minimum atomic E-state index is -0.578. The molecule has 2 rings (SSSR count). The van der Waals surface area contributed by atoms with Gasteiger partial charge in [-0.1, -0.05) is 26.0 Å². The summed E-state index contributed by atoms with van der Waals surface area (Å²) >= 11 is 1.36. The zero-order valence-electron chi connectivity index (χ0n) is 13.8. The van der Waals surface area contributed by atoms with E-state index in [1.165, 1.54) is 16.9 Å². The summed E-state index contributed by atoms with van der Waals surface area (Å²) < 4.78 is 0. The summed E-state index contributed by atoms with van der Waals surface area (Å²) in [5, 5.41) is 7.56. The molecule has 0 aliphatic rings. The second-order valence-electron chi connectivity index (χ2n) is 5.96. The zero-order chi connectivity index (χ0) is 17.0. The Labute approximate surface area is 140 Å². The third-order valence-corrected chi connectivity index (χ3v) is 4.62. The van der Waals surface area contributed by atoms with Crippen LogP contribution in [-0.4, -0.2) is 17.9 Å². The van der Waals surface area contributed by atoms with Crippen molar-refractivity contribution in [2.45, 2.75) is 33.7 Å². The number of hydrogen-bond acceptors (Lipinski definition) is 3. The Bertz CT molecular complexity index is 693. The highest BCUT2D eigenvalue weighted by Crippen LogP contribution is 2.16. The van der Waals surface area contributed by atoms with Crippen molar-refractivity contribution in [1.82, 2.24) is 5.32 Å². The van der Waals surface area contributed by atoms with Gasteiger partial charge in [-0.25, -0.2) is 0 Å². The van der Waals surface area contributed by atoms with Crippen LogP contribution in [0.3, 0.4) is 0 Å². The Hall–Kier alpha value is -2.14. The minimum Gasteiger partial charge on any atom is -0.339 e. The molecule has 0 saturated carbocycles. The third kappa shape index (κ3) is 4.42. The quantitative estimate of drug-likeness (QED) is 0.877. The molecule has 5 heteroatoms. The van der Waals surface area contributed by atoms with Crippen molar-refractivity contribution in [2.75, 3.05) is 5.32 Å². The molecule has 4 nitrogen and oxygen atoms in total. The first-order valence-corrected chi connectivity index (χ1v) is 8.49. The zero-order valence-corrected chi connectivity index (χ0v) is 14.7. The molecular weight excluding hydrogens is 308 g/mol. The Morgan fingerprint density at radius 3 is 2.39 bits per heavy atom. The van der Waals surface area contributed by atoms with Gasteiger partial charge in [-0.05, 0) is 54.5 Å². The summed E-state index contributed by atoms with van der Waals surface area (Å²) in [6.07, 6.45) is 0. The van der Waals surface area contributed by atoms with Gasteiger partial charge in [0.25, 0.3) is 5.91 Å². The van der Waals surface area contributed by atoms with Crippen LogP contribution in [0.2, 0.25) is 0 Å². The molecular formula is C18H22N2O2S. The molecule has 0 saturated heterocycles. The maximum absolute atomic E-state index is 12.5. The number of amides is 2. The Balaban J connectivity index is 2.09. The normalized spacial score (nSPS) is 12.0. The summed E-state index contributed by atoms with van der Waals surface area (Å²) in [5.41, 5.74) is 3.04. The molecule has 2 aromatic rings. The van der Waals surface area contributed by atoms with E-state index in [9.17, 15) is 9.59 Å². The van der Waals surface area contributed by atoms with E-state index in [0.717, 1.165) is 11.3 Å². The molecule has 0 spiro atoms. The lowest BCUT2D eigenvalue weighted by atomic mass is 10.0. The topological polar surface area (TPSA) is 58.2 Å². The number of hydrogen-bond donors (Lipinski definition) is 2. The SMILES string of the molecule is Cc1ccc(NC(=O)[C@H](NC(=O)c2cccs2)C(C)C)cc1C. The fourth-order valence-electron chi connectivity index (χ4n) is 2.19. The molecule has 1 atom stereocenters. The van der Waals surface area contributed by atoms with E-state index in [-0.39, 0.29) is 17.7 Å². The molecule has 1 heterocycles. The largest absolute Gasteiger partial charge is 0.339 e. The monoisotopic (exact) mass is 330 g/mol. The van der Waals surface area contributed by atoms with Crippen molar-refractivity contribution in [1.29, 1.82) is 0 Å². The Kier molecular flexibility index (Phi) is 5.55. The highest BCUT2D eigenvalue weighted by Gasteiger charge is 2.25. The van der Waals surface area contributed by atoms with E-state index in [2.05, 4.69) is 10.6 Å². The number of nitrogens with one attached hydrogen (secondary N) is 2.